The number of halogens is 1. The third kappa shape index (κ3) is 3.96. The average molecular weight is 332 g/mol. The van der Waals surface area contributed by atoms with Crippen LogP contribution >= 0.6 is 11.3 Å². The van der Waals surface area contributed by atoms with Crippen molar-refractivity contribution in [2.75, 3.05) is 6.54 Å². The highest BCUT2D eigenvalue weighted by Gasteiger charge is 2.22. The second kappa shape index (κ2) is 7.21. The van der Waals surface area contributed by atoms with E-state index in [0.29, 0.717) is 6.54 Å². The fraction of sp³-hybridized carbons (Fsp3) is 0.444. The van der Waals surface area contributed by atoms with Crippen LogP contribution in [-0.4, -0.2) is 17.4 Å². The zero-order valence-electron chi connectivity index (χ0n) is 13.3. The van der Waals surface area contributed by atoms with E-state index in [9.17, 15) is 9.18 Å². The number of nitrogens with one attached hydrogen (secondary N) is 1. The van der Waals surface area contributed by atoms with E-state index in [1.54, 1.807) is 17.4 Å². The zero-order chi connectivity index (χ0) is 16.2. The van der Waals surface area contributed by atoms with Crippen LogP contribution in [0.5, 0.6) is 0 Å². The van der Waals surface area contributed by atoms with Crippen LogP contribution in [0.25, 0.3) is 10.6 Å². The fourth-order valence-corrected chi connectivity index (χ4v) is 4.09. The molecule has 0 atom stereocenters. The number of rotatable bonds is 5. The van der Waals surface area contributed by atoms with Crippen molar-refractivity contribution < 1.29 is 9.18 Å². The summed E-state index contributed by atoms with van der Waals surface area (Å²) in [4.78, 5) is 17.7. The topological polar surface area (TPSA) is 42.0 Å². The molecule has 0 radical (unpaired) electrons. The molecule has 1 saturated carbocycles. The molecule has 0 bridgehead atoms. The van der Waals surface area contributed by atoms with Gasteiger partial charge in [0.25, 0.3) is 0 Å². The molecular formula is C18H21FN2OS. The first-order valence-electron chi connectivity index (χ1n) is 8.13. The van der Waals surface area contributed by atoms with E-state index in [2.05, 4.69) is 10.3 Å². The molecule has 1 N–H and O–H groups in total. The van der Waals surface area contributed by atoms with Gasteiger partial charge in [-0.25, -0.2) is 9.37 Å². The number of aromatic nitrogens is 1. The van der Waals surface area contributed by atoms with Crippen LogP contribution in [0.3, 0.4) is 0 Å². The lowest BCUT2D eigenvalue weighted by Crippen LogP contribution is -2.30. The SMILES string of the molecule is Cc1nc(-c2cccc(F)c2)sc1CCNC(=O)C1CCCC1. The molecule has 1 aliphatic rings. The fourth-order valence-electron chi connectivity index (χ4n) is 3.04. The van der Waals surface area contributed by atoms with E-state index in [-0.39, 0.29) is 17.6 Å². The number of hydrogen-bond acceptors (Lipinski definition) is 3. The van der Waals surface area contributed by atoms with Gasteiger partial charge in [-0.1, -0.05) is 25.0 Å². The summed E-state index contributed by atoms with van der Waals surface area (Å²) >= 11 is 1.58. The lowest BCUT2D eigenvalue weighted by atomic mass is 10.1. The number of nitrogens with zero attached hydrogens (tertiary/aromatic N) is 1. The van der Waals surface area contributed by atoms with Crippen molar-refractivity contribution >= 4 is 17.2 Å². The van der Waals surface area contributed by atoms with Gasteiger partial charge in [-0.15, -0.1) is 11.3 Å². The zero-order valence-corrected chi connectivity index (χ0v) is 14.1. The second-order valence-corrected chi connectivity index (χ2v) is 7.14. The van der Waals surface area contributed by atoms with Gasteiger partial charge in [0.2, 0.25) is 5.91 Å². The Kier molecular flexibility index (Phi) is 5.06. The predicted octanol–water partition coefficient (Wildman–Crippen LogP) is 4.11. The molecule has 1 aromatic heterocycles. The van der Waals surface area contributed by atoms with Crippen molar-refractivity contribution in [2.45, 2.75) is 39.0 Å². The third-order valence-electron chi connectivity index (χ3n) is 4.34. The third-order valence-corrected chi connectivity index (χ3v) is 5.61. The minimum Gasteiger partial charge on any atom is -0.356 e. The number of carbonyl (C=O) groups is 1. The monoisotopic (exact) mass is 332 g/mol. The summed E-state index contributed by atoms with van der Waals surface area (Å²) in [6.45, 7) is 2.61. The molecular weight excluding hydrogens is 311 g/mol. The molecule has 122 valence electrons. The van der Waals surface area contributed by atoms with Crippen molar-refractivity contribution in [3.63, 3.8) is 0 Å². The van der Waals surface area contributed by atoms with Crippen LogP contribution in [0.1, 0.15) is 36.3 Å². The lowest BCUT2D eigenvalue weighted by Gasteiger charge is -2.09. The Bertz CT molecular complexity index is 692. The largest absolute Gasteiger partial charge is 0.356 e. The van der Waals surface area contributed by atoms with Gasteiger partial charge in [-0.05, 0) is 31.9 Å². The van der Waals surface area contributed by atoms with E-state index in [1.165, 1.54) is 25.0 Å². The Labute approximate surface area is 140 Å². The van der Waals surface area contributed by atoms with Crippen molar-refractivity contribution in [1.82, 2.24) is 10.3 Å². The highest BCUT2D eigenvalue weighted by molar-refractivity contribution is 7.15. The van der Waals surface area contributed by atoms with Gasteiger partial charge in [0.15, 0.2) is 0 Å². The van der Waals surface area contributed by atoms with Gasteiger partial charge in [0.1, 0.15) is 10.8 Å². The molecule has 3 rings (SSSR count). The molecule has 23 heavy (non-hydrogen) atoms. The van der Waals surface area contributed by atoms with Crippen molar-refractivity contribution in [2.24, 2.45) is 5.92 Å². The van der Waals surface area contributed by atoms with E-state index in [0.717, 1.165) is 40.4 Å². The molecule has 1 amide bonds. The van der Waals surface area contributed by atoms with E-state index in [4.69, 9.17) is 0 Å². The number of carbonyl (C=O) groups excluding carboxylic acids is 1. The quantitative estimate of drug-likeness (QED) is 0.895. The Hall–Kier alpha value is -1.75. The van der Waals surface area contributed by atoms with E-state index < -0.39 is 0 Å². The molecule has 1 heterocycles. The molecule has 0 aliphatic heterocycles. The minimum absolute atomic E-state index is 0.190. The Morgan fingerprint density at radius 1 is 1.39 bits per heavy atom. The van der Waals surface area contributed by atoms with E-state index in [1.807, 2.05) is 13.0 Å². The molecule has 0 spiro atoms. The Morgan fingerprint density at radius 2 is 2.17 bits per heavy atom. The molecule has 2 aromatic rings. The number of benzene rings is 1. The predicted molar refractivity (Wildman–Crippen MR) is 90.9 cm³/mol. The summed E-state index contributed by atoms with van der Waals surface area (Å²) < 4.78 is 13.3. The first-order valence-corrected chi connectivity index (χ1v) is 8.95. The Morgan fingerprint density at radius 3 is 2.91 bits per heavy atom. The second-order valence-electron chi connectivity index (χ2n) is 6.06. The molecule has 3 nitrogen and oxygen atoms in total. The standard InChI is InChI=1S/C18H21FN2OS/c1-12-16(9-10-20-17(22)13-5-2-3-6-13)23-18(21-12)14-7-4-8-15(19)11-14/h4,7-8,11,13H,2-3,5-6,9-10H2,1H3,(H,20,22). The van der Waals surface area contributed by atoms with Crippen LogP contribution in [0, 0.1) is 18.7 Å². The molecule has 5 heteroatoms. The maximum atomic E-state index is 13.3. The van der Waals surface area contributed by atoms with Crippen LogP contribution in [-0.2, 0) is 11.2 Å². The summed E-state index contributed by atoms with van der Waals surface area (Å²) in [5, 5.41) is 3.87. The normalized spacial score (nSPS) is 15.0. The van der Waals surface area contributed by atoms with Crippen LogP contribution in [0.2, 0.25) is 0 Å². The molecule has 1 aromatic carbocycles. The maximum absolute atomic E-state index is 13.3. The first kappa shape index (κ1) is 16.1. The Balaban J connectivity index is 1.59. The maximum Gasteiger partial charge on any atom is 0.223 e. The number of aryl methyl sites for hydroxylation is 1. The summed E-state index contributed by atoms with van der Waals surface area (Å²) in [5.74, 6) is 0.149. The summed E-state index contributed by atoms with van der Waals surface area (Å²) in [6, 6.07) is 6.50. The minimum atomic E-state index is -0.249. The lowest BCUT2D eigenvalue weighted by molar-refractivity contribution is -0.124. The van der Waals surface area contributed by atoms with Crippen LogP contribution in [0.4, 0.5) is 4.39 Å². The summed E-state index contributed by atoms with van der Waals surface area (Å²) in [7, 11) is 0. The average Bonchev–Trinajstić information content (AvgIpc) is 3.18. The highest BCUT2D eigenvalue weighted by atomic mass is 32.1. The van der Waals surface area contributed by atoms with E-state index >= 15 is 0 Å². The van der Waals surface area contributed by atoms with Crippen molar-refractivity contribution in [1.29, 1.82) is 0 Å². The summed E-state index contributed by atoms with van der Waals surface area (Å²) in [6.07, 6.45) is 5.16. The van der Waals surface area contributed by atoms with Gasteiger partial charge in [0, 0.05) is 29.3 Å². The van der Waals surface area contributed by atoms with Crippen molar-refractivity contribution in [3.05, 3.63) is 40.7 Å². The molecule has 1 fully saturated rings. The molecule has 0 unspecified atom stereocenters. The summed E-state index contributed by atoms with van der Waals surface area (Å²) in [5.41, 5.74) is 1.77. The number of thiazole rings is 1. The van der Waals surface area contributed by atoms with Gasteiger partial charge in [-0.3, -0.25) is 4.79 Å². The van der Waals surface area contributed by atoms with Gasteiger partial charge in [-0.2, -0.15) is 0 Å². The van der Waals surface area contributed by atoms with Crippen LogP contribution < -0.4 is 5.32 Å². The highest BCUT2D eigenvalue weighted by Crippen LogP contribution is 2.28. The van der Waals surface area contributed by atoms with Gasteiger partial charge >= 0.3 is 0 Å². The molecule has 1 aliphatic carbocycles. The molecule has 0 saturated heterocycles. The van der Waals surface area contributed by atoms with Crippen LogP contribution in [0.15, 0.2) is 24.3 Å². The van der Waals surface area contributed by atoms with Gasteiger partial charge in [0.05, 0.1) is 5.69 Å². The van der Waals surface area contributed by atoms with Gasteiger partial charge < -0.3 is 5.32 Å². The number of amides is 1. The smallest absolute Gasteiger partial charge is 0.223 e. The number of hydrogen-bond donors (Lipinski definition) is 1. The van der Waals surface area contributed by atoms with Crippen molar-refractivity contribution in [3.8, 4) is 10.6 Å². The first-order chi connectivity index (χ1) is 11.1.